The molecule has 0 aliphatic carbocycles. The first-order valence-corrected chi connectivity index (χ1v) is 6.85. The average molecular weight is 266 g/mol. The normalized spacial score (nSPS) is 10.5. The number of aromatic amines is 1. The Morgan fingerprint density at radius 1 is 1.41 bits per heavy atom. The van der Waals surface area contributed by atoms with Crippen molar-refractivity contribution >= 4 is 24.0 Å². The lowest BCUT2D eigenvalue weighted by Gasteiger charge is -2.08. The van der Waals surface area contributed by atoms with Crippen molar-refractivity contribution in [3.05, 3.63) is 40.4 Å². The maximum absolute atomic E-state index is 5.11. The number of nitrogens with zero attached hydrogens (tertiary/aromatic N) is 2. The number of nitrogens with one attached hydrogen (secondary N) is 2. The molecule has 90 valence electrons. The second-order valence-electron chi connectivity index (χ2n) is 3.59. The number of aryl methyl sites for hydroxylation is 1. The van der Waals surface area contributed by atoms with E-state index in [0.717, 1.165) is 12.4 Å². The molecule has 0 aliphatic heterocycles. The van der Waals surface area contributed by atoms with E-state index in [1.54, 1.807) is 16.4 Å². The number of H-pyrrole nitrogens is 1. The average Bonchev–Trinajstić information content (AvgIpc) is 2.67. The van der Waals surface area contributed by atoms with E-state index in [0.29, 0.717) is 4.77 Å². The van der Waals surface area contributed by atoms with Crippen molar-refractivity contribution in [1.82, 2.24) is 14.9 Å². The number of benzene rings is 1. The summed E-state index contributed by atoms with van der Waals surface area (Å²) in [6.07, 6.45) is 2.07. The van der Waals surface area contributed by atoms with E-state index in [1.165, 1.54) is 10.5 Å². The Kier molecular flexibility index (Phi) is 3.86. The van der Waals surface area contributed by atoms with Crippen molar-refractivity contribution in [3.8, 4) is 0 Å². The highest BCUT2D eigenvalue weighted by Crippen LogP contribution is 2.14. The van der Waals surface area contributed by atoms with Crippen LogP contribution in [0.4, 0.5) is 0 Å². The van der Waals surface area contributed by atoms with Crippen LogP contribution in [-0.2, 0) is 6.54 Å². The summed E-state index contributed by atoms with van der Waals surface area (Å²) in [6, 6.07) is 8.45. The second kappa shape index (κ2) is 5.37. The van der Waals surface area contributed by atoms with Crippen LogP contribution < -0.4 is 5.43 Å². The van der Waals surface area contributed by atoms with Crippen LogP contribution in [0.5, 0.6) is 0 Å². The van der Waals surface area contributed by atoms with Crippen LogP contribution in [0.1, 0.15) is 11.4 Å². The van der Waals surface area contributed by atoms with Crippen molar-refractivity contribution in [3.63, 3.8) is 0 Å². The standard InChI is InChI=1S/C11H14N4S2/c1-8-13-14-11(16)15(8)12-7-9-3-5-10(17-2)6-4-9/h3-6,12H,7H2,1-2H3,(H,14,16). The topological polar surface area (TPSA) is 45.6 Å². The number of aromatic nitrogens is 3. The van der Waals surface area contributed by atoms with Gasteiger partial charge in [-0.25, -0.2) is 4.68 Å². The first kappa shape index (κ1) is 12.2. The van der Waals surface area contributed by atoms with Gasteiger partial charge in [-0.1, -0.05) is 12.1 Å². The maximum atomic E-state index is 5.11. The zero-order valence-corrected chi connectivity index (χ0v) is 11.4. The van der Waals surface area contributed by atoms with E-state index in [9.17, 15) is 0 Å². The number of rotatable bonds is 4. The molecular formula is C11H14N4S2. The highest BCUT2D eigenvalue weighted by Gasteiger charge is 2.00. The summed E-state index contributed by atoms with van der Waals surface area (Å²) in [5.41, 5.74) is 4.44. The molecule has 0 saturated carbocycles. The van der Waals surface area contributed by atoms with Crippen molar-refractivity contribution < 1.29 is 0 Å². The molecule has 6 heteroatoms. The maximum Gasteiger partial charge on any atom is 0.214 e. The van der Waals surface area contributed by atoms with E-state index in [-0.39, 0.29) is 0 Å². The van der Waals surface area contributed by atoms with Gasteiger partial charge in [-0.3, -0.25) is 5.10 Å². The molecule has 0 atom stereocenters. The van der Waals surface area contributed by atoms with Crippen LogP contribution in [0.2, 0.25) is 0 Å². The van der Waals surface area contributed by atoms with Gasteiger partial charge >= 0.3 is 0 Å². The van der Waals surface area contributed by atoms with Gasteiger partial charge < -0.3 is 5.43 Å². The Bertz CT molecular complexity index is 541. The summed E-state index contributed by atoms with van der Waals surface area (Å²) >= 11 is 6.85. The third kappa shape index (κ3) is 2.89. The first-order valence-electron chi connectivity index (χ1n) is 5.21. The van der Waals surface area contributed by atoms with Gasteiger partial charge in [-0.15, -0.1) is 11.8 Å². The first-order chi connectivity index (χ1) is 8.20. The molecule has 0 amide bonds. The molecule has 0 spiro atoms. The summed E-state index contributed by atoms with van der Waals surface area (Å²) in [5.74, 6) is 0.829. The lowest BCUT2D eigenvalue weighted by atomic mass is 10.2. The molecule has 0 saturated heterocycles. The predicted octanol–water partition coefficient (Wildman–Crippen LogP) is 2.71. The Labute approximate surface area is 109 Å². The Balaban J connectivity index is 2.05. The van der Waals surface area contributed by atoms with Crippen LogP contribution in [0.25, 0.3) is 0 Å². The van der Waals surface area contributed by atoms with Gasteiger partial charge in [0.05, 0.1) is 6.54 Å². The van der Waals surface area contributed by atoms with Crippen LogP contribution in [0.15, 0.2) is 29.2 Å². The minimum absolute atomic E-state index is 0.586. The Morgan fingerprint density at radius 2 is 2.12 bits per heavy atom. The zero-order valence-electron chi connectivity index (χ0n) is 9.73. The quantitative estimate of drug-likeness (QED) is 0.660. The zero-order chi connectivity index (χ0) is 12.3. The summed E-state index contributed by atoms with van der Waals surface area (Å²) < 4.78 is 2.36. The minimum Gasteiger partial charge on any atom is -0.318 e. The number of hydrogen-bond donors (Lipinski definition) is 2. The largest absolute Gasteiger partial charge is 0.318 e. The van der Waals surface area contributed by atoms with Gasteiger partial charge in [-0.2, -0.15) is 5.10 Å². The van der Waals surface area contributed by atoms with E-state index >= 15 is 0 Å². The van der Waals surface area contributed by atoms with Gasteiger partial charge in [-0.05, 0) is 43.1 Å². The van der Waals surface area contributed by atoms with Gasteiger partial charge in [0.1, 0.15) is 5.82 Å². The van der Waals surface area contributed by atoms with Crippen LogP contribution in [-0.4, -0.2) is 21.1 Å². The summed E-state index contributed by atoms with van der Waals surface area (Å²) in [6.45, 7) is 2.62. The molecular weight excluding hydrogens is 252 g/mol. The second-order valence-corrected chi connectivity index (χ2v) is 4.86. The summed E-state index contributed by atoms with van der Waals surface area (Å²) in [7, 11) is 0. The van der Waals surface area contributed by atoms with Gasteiger partial charge in [0.15, 0.2) is 0 Å². The van der Waals surface area contributed by atoms with Crippen LogP contribution in [0.3, 0.4) is 0 Å². The SMILES string of the molecule is CSc1ccc(CNn2c(C)n[nH]c2=S)cc1. The van der Waals surface area contributed by atoms with E-state index < -0.39 is 0 Å². The molecule has 17 heavy (non-hydrogen) atoms. The summed E-state index contributed by atoms with van der Waals surface area (Å²) in [5, 5.41) is 6.78. The van der Waals surface area contributed by atoms with E-state index in [4.69, 9.17) is 12.2 Å². The fraction of sp³-hybridized carbons (Fsp3) is 0.273. The molecule has 0 radical (unpaired) electrons. The fourth-order valence-electron chi connectivity index (χ4n) is 1.48. The molecule has 0 fully saturated rings. The molecule has 2 aromatic rings. The molecule has 1 aromatic carbocycles. The minimum atomic E-state index is 0.586. The molecule has 0 unspecified atom stereocenters. The van der Waals surface area contributed by atoms with E-state index in [1.807, 2.05) is 6.92 Å². The lowest BCUT2D eigenvalue weighted by Crippen LogP contribution is -2.15. The van der Waals surface area contributed by atoms with Crippen molar-refractivity contribution in [2.75, 3.05) is 11.7 Å². The van der Waals surface area contributed by atoms with Crippen LogP contribution >= 0.6 is 24.0 Å². The van der Waals surface area contributed by atoms with Crippen LogP contribution in [0, 0.1) is 11.7 Å². The highest BCUT2D eigenvalue weighted by atomic mass is 32.2. The predicted molar refractivity (Wildman–Crippen MR) is 73.4 cm³/mol. The molecule has 4 nitrogen and oxygen atoms in total. The highest BCUT2D eigenvalue weighted by molar-refractivity contribution is 7.98. The van der Waals surface area contributed by atoms with Crippen molar-refractivity contribution in [1.29, 1.82) is 0 Å². The number of thioether (sulfide) groups is 1. The third-order valence-electron chi connectivity index (χ3n) is 2.44. The molecule has 1 aromatic heterocycles. The summed E-state index contributed by atoms with van der Waals surface area (Å²) in [4.78, 5) is 1.27. The van der Waals surface area contributed by atoms with Gasteiger partial charge in [0, 0.05) is 4.90 Å². The lowest BCUT2D eigenvalue weighted by molar-refractivity contribution is 0.793. The van der Waals surface area contributed by atoms with Gasteiger partial charge in [0.25, 0.3) is 0 Å². The monoisotopic (exact) mass is 266 g/mol. The smallest absolute Gasteiger partial charge is 0.214 e. The van der Waals surface area contributed by atoms with Crippen molar-refractivity contribution in [2.24, 2.45) is 0 Å². The Morgan fingerprint density at radius 3 is 2.65 bits per heavy atom. The third-order valence-corrected chi connectivity index (χ3v) is 3.46. The number of hydrogen-bond acceptors (Lipinski definition) is 4. The fourth-order valence-corrected chi connectivity index (χ4v) is 2.13. The molecule has 2 N–H and O–H groups in total. The molecule has 1 heterocycles. The Hall–Kier alpha value is -1.27. The van der Waals surface area contributed by atoms with E-state index in [2.05, 4.69) is 46.1 Å². The van der Waals surface area contributed by atoms with Gasteiger partial charge in [0.2, 0.25) is 4.77 Å². The molecule has 0 aliphatic rings. The molecule has 2 rings (SSSR count). The van der Waals surface area contributed by atoms with Crippen molar-refractivity contribution in [2.45, 2.75) is 18.4 Å². The molecule has 0 bridgehead atoms.